The minimum atomic E-state index is -5.02. The molecule has 13 heteroatoms. The zero-order valence-corrected chi connectivity index (χ0v) is 41.5. The number of rotatable bonds is 45. The van der Waals surface area contributed by atoms with E-state index in [9.17, 15) is 39.8 Å². The van der Waals surface area contributed by atoms with E-state index in [1.165, 1.54) is 148 Å². The normalized spacial score (nSPS) is 21.8. The second-order valence-electron chi connectivity index (χ2n) is 18.4. The predicted molar refractivity (Wildman–Crippen MR) is 258 cm³/mol. The van der Waals surface area contributed by atoms with Crippen LogP contribution in [0.2, 0.25) is 0 Å². The fourth-order valence-corrected chi connectivity index (χ4v) is 9.12. The van der Waals surface area contributed by atoms with Crippen molar-refractivity contribution < 1.29 is 58.3 Å². The summed E-state index contributed by atoms with van der Waals surface area (Å²) in [6, 6.07) is 0. The van der Waals surface area contributed by atoms with Gasteiger partial charge in [-0.3, -0.25) is 13.8 Å². The van der Waals surface area contributed by atoms with Gasteiger partial charge >= 0.3 is 13.8 Å². The van der Waals surface area contributed by atoms with Crippen LogP contribution in [0.4, 0.5) is 0 Å². The summed E-state index contributed by atoms with van der Waals surface area (Å²) in [7, 11) is -5.02. The number of esters is 1. The molecule has 1 rings (SSSR count). The molecule has 1 aliphatic carbocycles. The van der Waals surface area contributed by atoms with Crippen LogP contribution in [0.3, 0.4) is 0 Å². The summed E-state index contributed by atoms with van der Waals surface area (Å²) in [5.74, 6) is -0.474. The van der Waals surface area contributed by atoms with Crippen LogP contribution in [0.25, 0.3) is 0 Å². The number of phosphoric ester groups is 1. The zero-order valence-electron chi connectivity index (χ0n) is 40.6. The lowest BCUT2D eigenvalue weighted by Crippen LogP contribution is -2.64. The third-order valence-electron chi connectivity index (χ3n) is 12.3. The topological polar surface area (TPSA) is 192 Å². The molecule has 6 N–H and O–H groups in total. The van der Waals surface area contributed by atoms with Crippen molar-refractivity contribution in [2.24, 2.45) is 0 Å². The van der Waals surface area contributed by atoms with E-state index in [1.54, 1.807) is 0 Å². The molecule has 1 aliphatic rings. The van der Waals surface area contributed by atoms with Gasteiger partial charge in [0.05, 0.1) is 13.2 Å². The van der Waals surface area contributed by atoms with Crippen LogP contribution in [0.1, 0.15) is 232 Å². The lowest BCUT2D eigenvalue weighted by atomic mass is 9.85. The molecule has 378 valence electrons. The summed E-state index contributed by atoms with van der Waals surface area (Å²) < 4.78 is 34.3. The summed E-state index contributed by atoms with van der Waals surface area (Å²) >= 11 is 0. The molecule has 0 spiro atoms. The monoisotopic (exact) mass is 933 g/mol. The van der Waals surface area contributed by atoms with E-state index in [0.717, 1.165) is 57.8 Å². The van der Waals surface area contributed by atoms with E-state index >= 15 is 0 Å². The Balaban J connectivity index is 2.33. The molecule has 12 nitrogen and oxygen atoms in total. The number of aliphatic hydroxyl groups is 5. The second kappa shape index (κ2) is 42.0. The average Bonchev–Trinajstić information content (AvgIpc) is 3.28. The highest BCUT2D eigenvalue weighted by Crippen LogP contribution is 2.47. The Hall–Kier alpha value is -1.18. The van der Waals surface area contributed by atoms with Crippen LogP contribution in [0.5, 0.6) is 0 Å². The van der Waals surface area contributed by atoms with Crippen LogP contribution in [-0.2, 0) is 27.9 Å². The Morgan fingerprint density at radius 3 is 1.34 bits per heavy atom. The van der Waals surface area contributed by atoms with Crippen molar-refractivity contribution >= 4 is 13.8 Å². The molecule has 0 aromatic heterocycles. The van der Waals surface area contributed by atoms with Crippen LogP contribution in [0.15, 0.2) is 24.3 Å². The summed E-state index contributed by atoms with van der Waals surface area (Å²) in [5, 5.41) is 50.3. The fraction of sp³-hybridized carbons (Fsp3) is 0.902. The Bertz CT molecular complexity index is 1150. The van der Waals surface area contributed by atoms with Crippen molar-refractivity contribution in [2.75, 3.05) is 19.8 Å². The molecule has 6 atom stereocenters. The first-order chi connectivity index (χ1) is 31.0. The molecule has 6 unspecified atom stereocenters. The van der Waals surface area contributed by atoms with Crippen molar-refractivity contribution in [1.82, 2.24) is 0 Å². The summed E-state index contributed by atoms with van der Waals surface area (Å²) in [6.07, 6.45) is 36.7. The van der Waals surface area contributed by atoms with Gasteiger partial charge in [0.15, 0.2) is 0 Å². The molecule has 0 saturated heterocycles. The van der Waals surface area contributed by atoms with Gasteiger partial charge in [0.2, 0.25) is 0 Å². The fourth-order valence-electron chi connectivity index (χ4n) is 8.15. The smallest absolute Gasteiger partial charge is 0.457 e. The van der Waals surface area contributed by atoms with Gasteiger partial charge in [-0.15, -0.1) is 0 Å². The first-order valence-electron chi connectivity index (χ1n) is 26.2. The summed E-state index contributed by atoms with van der Waals surface area (Å²) in [5.41, 5.74) is 0. The van der Waals surface area contributed by atoms with Gasteiger partial charge in [-0.05, 0) is 44.9 Å². The van der Waals surface area contributed by atoms with Crippen molar-refractivity contribution in [3.63, 3.8) is 0 Å². The third kappa shape index (κ3) is 33.3. The molecule has 1 saturated carbocycles. The molecule has 0 aromatic carbocycles. The minimum absolute atomic E-state index is 0.0765. The number of allylic oxidation sites excluding steroid dienone is 4. The number of phosphoric acid groups is 1. The molecule has 0 radical (unpaired) electrons. The number of ether oxygens (including phenoxy) is 2. The van der Waals surface area contributed by atoms with E-state index in [0.29, 0.717) is 13.0 Å². The van der Waals surface area contributed by atoms with Crippen molar-refractivity contribution in [3.8, 4) is 0 Å². The standard InChI is InChI=1S/C51H97O12P/c1-3-5-7-9-11-13-15-17-19-21-23-24-26-28-30-32-34-36-38-40-45(52)62-44(43-61-64(58,59)63-51-49(56)47(54)46(53)48(55)50(51)57)42-60-41-39-37-35-33-31-29-27-25-22-20-18-16-14-12-10-8-6-4-2/h12,14,18,20,44,46-51,53-57H,3-11,13,15-17,19,21-43H2,1-2H3,(H,58,59)/b14-12-,20-18-. The van der Waals surface area contributed by atoms with Crippen molar-refractivity contribution in [2.45, 2.75) is 275 Å². The molecular formula is C51H97O12P. The Morgan fingerprint density at radius 1 is 0.500 bits per heavy atom. The SMILES string of the molecule is CCCCC/C=C\C/C=C\CCCCCCCCCCOCC(COP(=O)(O)OC1C(O)C(O)C(O)C(O)C1O)OC(=O)CCCCCCCCCCCCCCCCCCCCC. The zero-order chi connectivity index (χ0) is 46.9. The highest BCUT2D eigenvalue weighted by Gasteiger charge is 2.51. The molecule has 0 amide bonds. The van der Waals surface area contributed by atoms with Crippen LogP contribution in [0, 0.1) is 0 Å². The lowest BCUT2D eigenvalue weighted by Gasteiger charge is -2.41. The molecule has 1 fully saturated rings. The number of aliphatic hydroxyl groups excluding tert-OH is 5. The van der Waals surface area contributed by atoms with E-state index < -0.39 is 63.1 Å². The van der Waals surface area contributed by atoms with Crippen LogP contribution in [-0.4, -0.2) is 98.9 Å². The predicted octanol–water partition coefficient (Wildman–Crippen LogP) is 11.7. The average molecular weight is 933 g/mol. The maximum atomic E-state index is 12.9. The molecule has 0 heterocycles. The quantitative estimate of drug-likeness (QED) is 0.0147. The maximum Gasteiger partial charge on any atom is 0.472 e. The Kier molecular flexibility index (Phi) is 39.9. The van der Waals surface area contributed by atoms with Gasteiger partial charge in [-0.2, -0.15) is 0 Å². The number of hydrogen-bond acceptors (Lipinski definition) is 11. The highest BCUT2D eigenvalue weighted by atomic mass is 31.2. The maximum absolute atomic E-state index is 12.9. The number of hydrogen-bond donors (Lipinski definition) is 6. The molecule has 0 aromatic rings. The first-order valence-corrected chi connectivity index (χ1v) is 27.7. The Morgan fingerprint density at radius 2 is 0.875 bits per heavy atom. The van der Waals surface area contributed by atoms with E-state index in [2.05, 4.69) is 38.2 Å². The summed E-state index contributed by atoms with van der Waals surface area (Å²) in [4.78, 5) is 23.2. The van der Waals surface area contributed by atoms with Gasteiger partial charge in [0, 0.05) is 13.0 Å². The Labute approximate surface area is 390 Å². The molecule has 0 aliphatic heterocycles. The van der Waals surface area contributed by atoms with Crippen LogP contribution >= 0.6 is 7.82 Å². The van der Waals surface area contributed by atoms with Gasteiger partial charge in [-0.1, -0.05) is 205 Å². The van der Waals surface area contributed by atoms with E-state index in [-0.39, 0.29) is 13.0 Å². The first kappa shape index (κ1) is 60.8. The third-order valence-corrected chi connectivity index (χ3v) is 13.3. The van der Waals surface area contributed by atoms with Crippen molar-refractivity contribution in [1.29, 1.82) is 0 Å². The number of unbranched alkanes of at least 4 members (excludes halogenated alkanes) is 29. The number of carbonyl (C=O) groups is 1. The molecular weight excluding hydrogens is 836 g/mol. The minimum Gasteiger partial charge on any atom is -0.457 e. The van der Waals surface area contributed by atoms with E-state index in [4.69, 9.17) is 18.5 Å². The van der Waals surface area contributed by atoms with Gasteiger partial charge < -0.3 is 39.9 Å². The molecule has 64 heavy (non-hydrogen) atoms. The van der Waals surface area contributed by atoms with E-state index in [1.807, 2.05) is 0 Å². The van der Waals surface area contributed by atoms with Crippen molar-refractivity contribution in [3.05, 3.63) is 24.3 Å². The van der Waals surface area contributed by atoms with Gasteiger partial charge in [0.1, 0.15) is 42.7 Å². The lowest BCUT2D eigenvalue weighted by molar-refractivity contribution is -0.220. The number of carbonyl (C=O) groups excluding carboxylic acids is 1. The largest absolute Gasteiger partial charge is 0.472 e. The van der Waals surface area contributed by atoms with Crippen LogP contribution < -0.4 is 0 Å². The summed E-state index contributed by atoms with van der Waals surface area (Å²) in [6.45, 7) is 4.26. The van der Waals surface area contributed by atoms with Gasteiger partial charge in [0.25, 0.3) is 0 Å². The second-order valence-corrected chi connectivity index (χ2v) is 19.8. The molecule has 0 bridgehead atoms. The highest BCUT2D eigenvalue weighted by molar-refractivity contribution is 7.47. The van der Waals surface area contributed by atoms with Gasteiger partial charge in [-0.25, -0.2) is 4.57 Å².